The maximum Gasteiger partial charge on any atom is 0.356 e. The average molecular weight is 273 g/mol. The lowest BCUT2D eigenvalue weighted by molar-refractivity contribution is 0.0690. The van der Waals surface area contributed by atoms with Crippen LogP contribution in [0, 0.1) is 0 Å². The van der Waals surface area contributed by atoms with Gasteiger partial charge in [-0.3, -0.25) is 0 Å². The molecule has 1 rings (SSSR count). The van der Waals surface area contributed by atoms with Crippen LogP contribution in [0.1, 0.15) is 68.1 Å². The zero-order valence-electron chi connectivity index (χ0n) is 10.9. The van der Waals surface area contributed by atoms with Crippen LogP contribution in [0.3, 0.4) is 0 Å². The lowest BCUT2D eigenvalue weighted by atomic mass is 10.1. The predicted molar refractivity (Wildman–Crippen MR) is 72.1 cm³/mol. The number of halogens is 1. The van der Waals surface area contributed by atoms with Gasteiger partial charge in [-0.1, -0.05) is 45.4 Å². The fourth-order valence-electron chi connectivity index (χ4n) is 1.93. The van der Waals surface area contributed by atoms with Crippen molar-refractivity contribution in [1.82, 2.24) is 9.30 Å². The van der Waals surface area contributed by atoms with Crippen LogP contribution in [0.2, 0.25) is 0 Å². The van der Waals surface area contributed by atoms with Gasteiger partial charge in [0.15, 0.2) is 5.69 Å². The molecule has 0 amide bonds. The van der Waals surface area contributed by atoms with Gasteiger partial charge in [-0.05, 0) is 18.9 Å². The largest absolute Gasteiger partial charge is 0.476 e. The van der Waals surface area contributed by atoms with Crippen LogP contribution in [0.15, 0.2) is 6.07 Å². The van der Waals surface area contributed by atoms with Gasteiger partial charge in [0, 0.05) is 11.8 Å². The van der Waals surface area contributed by atoms with Crippen molar-refractivity contribution in [3.8, 4) is 0 Å². The highest BCUT2D eigenvalue weighted by Gasteiger charge is 2.11. The molecule has 0 fully saturated rings. The number of rotatable bonds is 9. The first-order valence-electron chi connectivity index (χ1n) is 6.63. The molecule has 0 saturated carbocycles. The highest BCUT2D eigenvalue weighted by Crippen LogP contribution is 2.13. The topological polar surface area (TPSA) is 55.1 Å². The predicted octanol–water partition coefficient (Wildman–Crippen LogP) is 3.88. The lowest BCUT2D eigenvalue weighted by Crippen LogP contribution is -1.97. The number of aryl methyl sites for hydroxylation is 1. The molecule has 0 aliphatic carbocycles. The average Bonchev–Trinajstić information content (AvgIpc) is 2.70. The lowest BCUT2D eigenvalue weighted by Gasteiger charge is -2.01. The first-order chi connectivity index (χ1) is 8.65. The summed E-state index contributed by atoms with van der Waals surface area (Å²) in [5.74, 6) is -1.03. The van der Waals surface area contributed by atoms with E-state index in [9.17, 15) is 4.79 Å². The molecular weight excluding hydrogens is 252 g/mol. The summed E-state index contributed by atoms with van der Waals surface area (Å²) in [6, 6.07) is 1.55. The van der Waals surface area contributed by atoms with E-state index in [-0.39, 0.29) is 5.69 Å². The smallest absolute Gasteiger partial charge is 0.356 e. The molecule has 18 heavy (non-hydrogen) atoms. The highest BCUT2D eigenvalue weighted by atomic mass is 35.5. The summed E-state index contributed by atoms with van der Waals surface area (Å²) in [5, 5.41) is 12.5. The van der Waals surface area contributed by atoms with E-state index in [4.69, 9.17) is 16.9 Å². The van der Waals surface area contributed by atoms with Gasteiger partial charge in [-0.2, -0.15) is 4.20 Å². The Kier molecular flexibility index (Phi) is 6.80. The van der Waals surface area contributed by atoms with E-state index in [1.165, 1.54) is 32.1 Å². The maximum absolute atomic E-state index is 10.7. The van der Waals surface area contributed by atoms with E-state index in [2.05, 4.69) is 12.0 Å². The Morgan fingerprint density at radius 1 is 1.28 bits per heavy atom. The van der Waals surface area contributed by atoms with Crippen LogP contribution in [-0.4, -0.2) is 20.4 Å². The van der Waals surface area contributed by atoms with E-state index in [1.54, 1.807) is 6.07 Å². The number of nitrogens with zero attached hydrogens (tertiary/aromatic N) is 2. The Morgan fingerprint density at radius 3 is 2.44 bits per heavy atom. The van der Waals surface area contributed by atoms with Crippen molar-refractivity contribution in [1.29, 1.82) is 0 Å². The Hall–Kier alpha value is -1.03. The van der Waals surface area contributed by atoms with Gasteiger partial charge in [-0.15, -0.1) is 5.10 Å². The molecule has 4 nitrogen and oxygen atoms in total. The molecule has 0 aromatic carbocycles. The molecular formula is C13H21ClN2O2. The fraction of sp³-hybridized carbons (Fsp3) is 0.692. The Bertz CT molecular complexity index is 377. The molecule has 0 spiro atoms. The molecule has 1 N–H and O–H groups in total. The van der Waals surface area contributed by atoms with Crippen LogP contribution in [0.25, 0.3) is 0 Å². The van der Waals surface area contributed by atoms with E-state index in [1.807, 2.05) is 0 Å². The number of hydrogen-bond acceptors (Lipinski definition) is 2. The first-order valence-corrected chi connectivity index (χ1v) is 6.97. The van der Waals surface area contributed by atoms with Gasteiger partial charge in [0.1, 0.15) is 0 Å². The number of carbonyl (C=O) groups is 1. The van der Waals surface area contributed by atoms with Gasteiger partial charge < -0.3 is 5.11 Å². The quantitative estimate of drug-likeness (QED) is 0.694. The monoisotopic (exact) mass is 272 g/mol. The number of unbranched alkanes of at least 4 members (excludes halogenated alkanes) is 6. The van der Waals surface area contributed by atoms with Crippen LogP contribution < -0.4 is 0 Å². The third-order valence-corrected chi connectivity index (χ3v) is 3.28. The summed E-state index contributed by atoms with van der Waals surface area (Å²) in [5.41, 5.74) is 0.797. The molecule has 102 valence electrons. The minimum atomic E-state index is -1.03. The third kappa shape index (κ3) is 5.08. The Morgan fingerprint density at radius 2 is 1.89 bits per heavy atom. The van der Waals surface area contributed by atoms with Gasteiger partial charge >= 0.3 is 5.97 Å². The molecule has 0 saturated heterocycles. The normalized spacial score (nSPS) is 10.8. The van der Waals surface area contributed by atoms with E-state index in [0.717, 1.165) is 29.2 Å². The fourth-order valence-corrected chi connectivity index (χ4v) is 2.15. The van der Waals surface area contributed by atoms with Gasteiger partial charge in [0.05, 0.1) is 5.69 Å². The highest BCUT2D eigenvalue weighted by molar-refractivity contribution is 6.15. The van der Waals surface area contributed by atoms with Crippen LogP contribution >= 0.6 is 11.8 Å². The Balaban J connectivity index is 2.21. The second-order valence-electron chi connectivity index (χ2n) is 4.56. The minimum Gasteiger partial charge on any atom is -0.476 e. The number of carboxylic acid groups (broad SMARTS) is 1. The molecule has 1 heterocycles. The zero-order valence-corrected chi connectivity index (χ0v) is 11.6. The van der Waals surface area contributed by atoms with Crippen LogP contribution in [0.4, 0.5) is 0 Å². The van der Waals surface area contributed by atoms with E-state index in [0.29, 0.717) is 0 Å². The molecule has 1 aromatic heterocycles. The minimum absolute atomic E-state index is 0.0166. The van der Waals surface area contributed by atoms with Gasteiger partial charge in [0.2, 0.25) is 0 Å². The second-order valence-corrected chi connectivity index (χ2v) is 4.88. The maximum atomic E-state index is 10.7. The van der Waals surface area contributed by atoms with E-state index >= 15 is 0 Å². The summed E-state index contributed by atoms with van der Waals surface area (Å²) < 4.78 is 1.15. The van der Waals surface area contributed by atoms with Crippen molar-refractivity contribution in [3.05, 3.63) is 17.5 Å². The number of hydrogen-bond donors (Lipinski definition) is 1. The molecule has 0 aliphatic heterocycles. The van der Waals surface area contributed by atoms with Gasteiger partial charge in [0.25, 0.3) is 0 Å². The standard InChI is InChI=1S/C13H21ClN2O2/c1-2-3-4-5-6-7-8-9-11-10-12(13(17)18)15-16(11)14/h10H,2-9H2,1H3,(H,17,18). The number of aromatic nitrogens is 2. The summed E-state index contributed by atoms with van der Waals surface area (Å²) >= 11 is 5.81. The van der Waals surface area contributed by atoms with Crippen LogP contribution in [0.5, 0.6) is 0 Å². The third-order valence-electron chi connectivity index (χ3n) is 2.99. The summed E-state index contributed by atoms with van der Waals surface area (Å²) in [6.45, 7) is 2.21. The molecule has 0 radical (unpaired) electrons. The van der Waals surface area contributed by atoms with E-state index < -0.39 is 5.97 Å². The molecule has 0 unspecified atom stereocenters. The van der Waals surface area contributed by atoms with Crippen molar-refractivity contribution in [2.45, 2.75) is 58.3 Å². The van der Waals surface area contributed by atoms with Crippen molar-refractivity contribution < 1.29 is 9.90 Å². The van der Waals surface area contributed by atoms with Gasteiger partial charge in [-0.25, -0.2) is 4.79 Å². The molecule has 0 bridgehead atoms. The molecule has 5 heteroatoms. The van der Waals surface area contributed by atoms with Crippen molar-refractivity contribution in [2.24, 2.45) is 0 Å². The van der Waals surface area contributed by atoms with Crippen molar-refractivity contribution in [2.75, 3.05) is 0 Å². The zero-order chi connectivity index (χ0) is 13.4. The summed E-state index contributed by atoms with van der Waals surface area (Å²) in [7, 11) is 0. The molecule has 0 atom stereocenters. The molecule has 1 aromatic rings. The van der Waals surface area contributed by atoms with Crippen LogP contribution in [-0.2, 0) is 6.42 Å². The molecule has 0 aliphatic rings. The summed E-state index contributed by atoms with van der Waals surface area (Å²) in [6.07, 6.45) is 9.40. The van der Waals surface area contributed by atoms with Crippen molar-refractivity contribution >= 4 is 17.7 Å². The Labute approximate surface area is 113 Å². The SMILES string of the molecule is CCCCCCCCCc1cc(C(=O)O)nn1Cl. The summed E-state index contributed by atoms with van der Waals surface area (Å²) in [4.78, 5) is 10.7. The second kappa shape index (κ2) is 8.14. The first kappa shape index (κ1) is 15.0. The number of aromatic carboxylic acids is 1. The number of carboxylic acids is 1. The van der Waals surface area contributed by atoms with Crippen molar-refractivity contribution in [3.63, 3.8) is 0 Å².